The van der Waals surface area contributed by atoms with Gasteiger partial charge in [0.2, 0.25) is 11.8 Å². The molecule has 1 N–H and O–H groups in total. The Morgan fingerprint density at radius 3 is 2.38 bits per heavy atom. The van der Waals surface area contributed by atoms with Gasteiger partial charge in [-0.05, 0) is 48.6 Å². The minimum Gasteiger partial charge on any atom is -0.349 e. The highest BCUT2D eigenvalue weighted by molar-refractivity contribution is 6.30. The Balaban J connectivity index is 1.50. The van der Waals surface area contributed by atoms with Crippen molar-refractivity contribution in [3.63, 3.8) is 0 Å². The molecule has 1 fully saturated rings. The summed E-state index contributed by atoms with van der Waals surface area (Å²) in [6.45, 7) is 3.27. The van der Waals surface area contributed by atoms with Crippen LogP contribution in [0.25, 0.3) is 6.08 Å². The van der Waals surface area contributed by atoms with Gasteiger partial charge in [0.15, 0.2) is 0 Å². The van der Waals surface area contributed by atoms with Crippen molar-refractivity contribution in [1.29, 1.82) is 0 Å². The van der Waals surface area contributed by atoms with Gasteiger partial charge in [0.05, 0.1) is 6.04 Å². The van der Waals surface area contributed by atoms with E-state index in [0.717, 1.165) is 17.5 Å². The second-order valence-corrected chi connectivity index (χ2v) is 7.80. The smallest absolute Gasteiger partial charge is 0.246 e. The van der Waals surface area contributed by atoms with E-state index in [1.165, 1.54) is 0 Å². The van der Waals surface area contributed by atoms with Gasteiger partial charge in [-0.1, -0.05) is 61.0 Å². The molecular formula is C24H27ClN2O2. The number of nitrogens with one attached hydrogen (secondary N) is 1. The highest BCUT2D eigenvalue weighted by Crippen LogP contribution is 2.23. The average molecular weight is 411 g/mol. The maximum Gasteiger partial charge on any atom is 0.246 e. The third-order valence-corrected chi connectivity index (χ3v) is 5.64. The van der Waals surface area contributed by atoms with Gasteiger partial charge in [-0.2, -0.15) is 0 Å². The first-order valence-electron chi connectivity index (χ1n) is 10.1. The number of rotatable bonds is 6. The van der Waals surface area contributed by atoms with Crippen molar-refractivity contribution in [2.75, 3.05) is 13.1 Å². The van der Waals surface area contributed by atoms with E-state index in [0.29, 0.717) is 31.0 Å². The molecule has 1 aliphatic rings. The van der Waals surface area contributed by atoms with Crippen LogP contribution in [0.15, 0.2) is 60.7 Å². The summed E-state index contributed by atoms with van der Waals surface area (Å²) in [6, 6.07) is 17.4. The zero-order chi connectivity index (χ0) is 20.6. The van der Waals surface area contributed by atoms with Crippen LogP contribution < -0.4 is 5.32 Å². The number of hydrogen-bond donors (Lipinski definition) is 1. The Hall–Kier alpha value is -2.59. The molecule has 1 saturated heterocycles. The number of benzene rings is 2. The van der Waals surface area contributed by atoms with Crippen LogP contribution in [0.2, 0.25) is 5.02 Å². The lowest BCUT2D eigenvalue weighted by Crippen LogP contribution is -2.43. The molecule has 29 heavy (non-hydrogen) atoms. The van der Waals surface area contributed by atoms with E-state index >= 15 is 0 Å². The zero-order valence-corrected chi connectivity index (χ0v) is 17.4. The van der Waals surface area contributed by atoms with E-state index in [1.807, 2.05) is 65.6 Å². The molecule has 0 saturated carbocycles. The number of carbonyl (C=O) groups is 2. The lowest BCUT2D eigenvalue weighted by molar-refractivity contribution is -0.132. The van der Waals surface area contributed by atoms with E-state index in [1.54, 1.807) is 6.08 Å². The molecule has 2 aromatic carbocycles. The van der Waals surface area contributed by atoms with Gasteiger partial charge in [0.1, 0.15) is 0 Å². The molecular weight excluding hydrogens is 384 g/mol. The Morgan fingerprint density at radius 2 is 1.76 bits per heavy atom. The molecule has 2 aromatic rings. The van der Waals surface area contributed by atoms with Crippen LogP contribution >= 0.6 is 11.6 Å². The number of likely N-dealkylation sites (tertiary alicyclic amines) is 1. The molecule has 5 heteroatoms. The molecule has 1 heterocycles. The fourth-order valence-corrected chi connectivity index (χ4v) is 3.73. The van der Waals surface area contributed by atoms with E-state index < -0.39 is 0 Å². The zero-order valence-electron chi connectivity index (χ0n) is 16.7. The van der Waals surface area contributed by atoms with E-state index in [9.17, 15) is 9.59 Å². The van der Waals surface area contributed by atoms with E-state index in [-0.39, 0.29) is 23.8 Å². The first kappa shape index (κ1) is 21.1. The number of hydrogen-bond acceptors (Lipinski definition) is 2. The Morgan fingerprint density at radius 1 is 1.10 bits per heavy atom. The molecule has 2 amide bonds. The molecule has 1 atom stereocenters. The lowest BCUT2D eigenvalue weighted by atomic mass is 9.94. The number of halogens is 1. The molecule has 3 rings (SSSR count). The summed E-state index contributed by atoms with van der Waals surface area (Å²) in [5.41, 5.74) is 2.06. The highest BCUT2D eigenvalue weighted by Gasteiger charge is 2.27. The van der Waals surface area contributed by atoms with Crippen LogP contribution in [0.5, 0.6) is 0 Å². The minimum absolute atomic E-state index is 0.000287. The Labute approximate surface area is 177 Å². The maximum absolute atomic E-state index is 12.7. The number of carbonyl (C=O) groups excluding carboxylic acids is 2. The molecule has 152 valence electrons. The molecule has 0 aromatic heterocycles. The lowest BCUT2D eigenvalue weighted by Gasteiger charge is -2.31. The van der Waals surface area contributed by atoms with Gasteiger partial charge in [0, 0.05) is 30.1 Å². The molecule has 0 radical (unpaired) electrons. The first-order chi connectivity index (χ1) is 14.1. The van der Waals surface area contributed by atoms with Crippen molar-refractivity contribution in [1.82, 2.24) is 10.2 Å². The first-order valence-corrected chi connectivity index (χ1v) is 10.5. The van der Waals surface area contributed by atoms with Crippen LogP contribution in [-0.4, -0.2) is 29.8 Å². The van der Waals surface area contributed by atoms with E-state index in [2.05, 4.69) is 12.2 Å². The van der Waals surface area contributed by atoms with Gasteiger partial charge >= 0.3 is 0 Å². The summed E-state index contributed by atoms with van der Waals surface area (Å²) < 4.78 is 0. The Kier molecular flexibility index (Phi) is 7.48. The van der Waals surface area contributed by atoms with Crippen LogP contribution in [-0.2, 0) is 9.59 Å². The molecule has 0 bridgehead atoms. The fraction of sp³-hybridized carbons (Fsp3) is 0.333. The molecule has 1 aliphatic heterocycles. The van der Waals surface area contributed by atoms with Crippen LogP contribution in [0.1, 0.15) is 43.4 Å². The monoisotopic (exact) mass is 410 g/mol. The predicted octanol–water partition coefficient (Wildman–Crippen LogP) is 4.86. The number of piperidine rings is 1. The van der Waals surface area contributed by atoms with Crippen LogP contribution in [0.3, 0.4) is 0 Å². The van der Waals surface area contributed by atoms with E-state index in [4.69, 9.17) is 11.6 Å². The third-order valence-electron chi connectivity index (χ3n) is 5.39. The summed E-state index contributed by atoms with van der Waals surface area (Å²) in [7, 11) is 0. The fourth-order valence-electron chi connectivity index (χ4n) is 3.60. The molecule has 0 aliphatic carbocycles. The van der Waals surface area contributed by atoms with Crippen molar-refractivity contribution in [3.05, 3.63) is 76.8 Å². The molecule has 1 unspecified atom stereocenters. The average Bonchev–Trinajstić information content (AvgIpc) is 2.77. The normalized spacial score (nSPS) is 16.0. The topological polar surface area (TPSA) is 49.4 Å². The minimum atomic E-state index is -0.0569. The number of nitrogens with zero attached hydrogens (tertiary/aromatic N) is 1. The van der Waals surface area contributed by atoms with Crippen molar-refractivity contribution in [3.8, 4) is 0 Å². The largest absolute Gasteiger partial charge is 0.349 e. The third kappa shape index (κ3) is 5.94. The second kappa shape index (κ2) is 10.3. The van der Waals surface area contributed by atoms with Gasteiger partial charge in [0.25, 0.3) is 0 Å². The quantitative estimate of drug-likeness (QED) is 0.691. The summed E-state index contributed by atoms with van der Waals surface area (Å²) in [5.74, 6) is 0.0116. The van der Waals surface area contributed by atoms with Gasteiger partial charge in [-0.15, -0.1) is 0 Å². The van der Waals surface area contributed by atoms with Crippen LogP contribution in [0, 0.1) is 5.92 Å². The van der Waals surface area contributed by atoms with Gasteiger partial charge in [-0.25, -0.2) is 0 Å². The van der Waals surface area contributed by atoms with Crippen molar-refractivity contribution >= 4 is 29.5 Å². The predicted molar refractivity (Wildman–Crippen MR) is 117 cm³/mol. The summed E-state index contributed by atoms with van der Waals surface area (Å²) in [6.07, 6.45) is 5.64. The van der Waals surface area contributed by atoms with Gasteiger partial charge < -0.3 is 10.2 Å². The van der Waals surface area contributed by atoms with Crippen LogP contribution in [0.4, 0.5) is 0 Å². The van der Waals surface area contributed by atoms with Crippen molar-refractivity contribution in [2.24, 2.45) is 5.92 Å². The standard InChI is InChI=1S/C24H27ClN2O2/c1-2-22(19-9-11-21(25)12-10-19)26-24(29)20-14-16-27(17-15-20)23(28)13-8-18-6-4-3-5-7-18/h3-13,20,22H,2,14-17H2,1H3,(H,26,29)/b13-8+. The Bertz CT molecular complexity index is 841. The summed E-state index contributed by atoms with van der Waals surface area (Å²) >= 11 is 5.96. The summed E-state index contributed by atoms with van der Waals surface area (Å²) in [4.78, 5) is 27.0. The second-order valence-electron chi connectivity index (χ2n) is 7.36. The molecule has 4 nitrogen and oxygen atoms in total. The maximum atomic E-state index is 12.7. The SMILES string of the molecule is CCC(NC(=O)C1CCN(C(=O)/C=C/c2ccccc2)CC1)c1ccc(Cl)cc1. The van der Waals surface area contributed by atoms with Crippen molar-refractivity contribution in [2.45, 2.75) is 32.2 Å². The number of amides is 2. The molecule has 0 spiro atoms. The van der Waals surface area contributed by atoms with Gasteiger partial charge in [-0.3, -0.25) is 9.59 Å². The summed E-state index contributed by atoms with van der Waals surface area (Å²) in [5, 5.41) is 3.85. The van der Waals surface area contributed by atoms with Crippen molar-refractivity contribution < 1.29 is 9.59 Å². The highest BCUT2D eigenvalue weighted by atomic mass is 35.5.